The van der Waals surface area contributed by atoms with Gasteiger partial charge in [0, 0.05) is 36.6 Å². The topological polar surface area (TPSA) is 32.8 Å². The maximum atomic E-state index is 13.9. The first kappa shape index (κ1) is 26.9. The number of ether oxygens (including phenoxy) is 1. The molecule has 4 rings (SSSR count). The zero-order valence-electron chi connectivity index (χ0n) is 22.9. The number of para-hydroxylation sites is 1. The van der Waals surface area contributed by atoms with Gasteiger partial charge >= 0.3 is 5.91 Å². The van der Waals surface area contributed by atoms with Crippen molar-refractivity contribution in [3.63, 3.8) is 0 Å². The van der Waals surface area contributed by atoms with E-state index in [9.17, 15) is 4.79 Å². The van der Waals surface area contributed by atoms with E-state index in [0.29, 0.717) is 23.6 Å². The summed E-state index contributed by atoms with van der Waals surface area (Å²) in [6.45, 7) is 11.3. The van der Waals surface area contributed by atoms with Crippen LogP contribution in [0.2, 0.25) is 0 Å². The van der Waals surface area contributed by atoms with E-state index in [2.05, 4.69) is 73.0 Å². The van der Waals surface area contributed by atoms with Crippen molar-refractivity contribution in [2.45, 2.75) is 46.1 Å². The monoisotopic (exact) mass is 500 g/mol. The van der Waals surface area contributed by atoms with Crippen LogP contribution in [0.3, 0.4) is 0 Å². The standard InChI is InChI=1S/C32H42N3O2/c1-5-22-33-23-20-28(21-24-33)34(29-12-11-15-31(25-29)37-4)27-18-16-26(17-19-27)32(36)35(6-2,7-3)30-13-9-8-10-14-30/h8-19,25,28H,5-7,20-24H2,1-4H3/q+1. The molecule has 3 aromatic carbocycles. The minimum absolute atomic E-state index is 0.142. The summed E-state index contributed by atoms with van der Waals surface area (Å²) in [7, 11) is 1.71. The molecule has 0 N–H and O–H groups in total. The average molecular weight is 501 g/mol. The molecule has 0 atom stereocenters. The highest BCUT2D eigenvalue weighted by Gasteiger charge is 2.37. The second-order valence-corrected chi connectivity index (χ2v) is 9.93. The number of carbonyl (C=O) groups excluding carboxylic acids is 1. The predicted molar refractivity (Wildman–Crippen MR) is 155 cm³/mol. The Bertz CT molecular complexity index is 1130. The Kier molecular flexibility index (Phi) is 9.01. The number of methoxy groups -OCH3 is 1. The van der Waals surface area contributed by atoms with Crippen molar-refractivity contribution in [3.05, 3.63) is 84.4 Å². The normalized spacial score (nSPS) is 14.9. The van der Waals surface area contributed by atoms with Crippen LogP contribution in [0.5, 0.6) is 5.75 Å². The number of benzene rings is 3. The smallest absolute Gasteiger partial charge is 0.350 e. The van der Waals surface area contributed by atoms with Gasteiger partial charge in [0.15, 0.2) is 0 Å². The number of rotatable bonds is 10. The largest absolute Gasteiger partial charge is 0.497 e. The van der Waals surface area contributed by atoms with Crippen LogP contribution in [0.1, 0.15) is 50.4 Å². The third kappa shape index (κ3) is 5.73. The molecule has 0 spiro atoms. The second-order valence-electron chi connectivity index (χ2n) is 9.93. The van der Waals surface area contributed by atoms with Crippen LogP contribution >= 0.6 is 0 Å². The molecule has 3 aromatic rings. The van der Waals surface area contributed by atoms with E-state index >= 15 is 0 Å². The van der Waals surface area contributed by atoms with Crippen molar-refractivity contribution in [1.29, 1.82) is 0 Å². The highest BCUT2D eigenvalue weighted by molar-refractivity contribution is 6.02. The van der Waals surface area contributed by atoms with Crippen LogP contribution in [-0.2, 0) is 0 Å². The second kappa shape index (κ2) is 12.4. The summed E-state index contributed by atoms with van der Waals surface area (Å²) in [5.74, 6) is 0.997. The van der Waals surface area contributed by atoms with E-state index in [1.54, 1.807) is 7.11 Å². The van der Waals surface area contributed by atoms with Crippen molar-refractivity contribution in [2.24, 2.45) is 0 Å². The van der Waals surface area contributed by atoms with Gasteiger partial charge in [-0.2, -0.15) is 0 Å². The Hall–Kier alpha value is -3.15. The summed E-state index contributed by atoms with van der Waals surface area (Å²) < 4.78 is 5.87. The minimum Gasteiger partial charge on any atom is -0.497 e. The number of carbonyl (C=O) groups is 1. The van der Waals surface area contributed by atoms with Crippen LogP contribution in [0.4, 0.5) is 17.1 Å². The highest BCUT2D eigenvalue weighted by atomic mass is 16.5. The molecule has 1 amide bonds. The summed E-state index contributed by atoms with van der Waals surface area (Å²) in [6.07, 6.45) is 3.41. The van der Waals surface area contributed by atoms with Gasteiger partial charge in [-0.15, -0.1) is 0 Å². The molecule has 37 heavy (non-hydrogen) atoms. The molecule has 0 aliphatic carbocycles. The summed E-state index contributed by atoms with van der Waals surface area (Å²) in [5.41, 5.74) is 4.03. The van der Waals surface area contributed by atoms with Crippen LogP contribution in [0.15, 0.2) is 78.9 Å². The fraction of sp³-hybridized carbons (Fsp3) is 0.406. The number of piperidine rings is 1. The number of nitrogens with zero attached hydrogens (tertiary/aromatic N) is 3. The molecule has 1 aliphatic heterocycles. The SMILES string of the molecule is CCCN1CCC(N(c2ccc(C(=O)[N+](CC)(CC)c3ccccc3)cc2)c2cccc(OC)c2)CC1. The Morgan fingerprint density at radius 2 is 1.57 bits per heavy atom. The average Bonchev–Trinajstić information content (AvgIpc) is 2.96. The van der Waals surface area contributed by atoms with Gasteiger partial charge in [0.1, 0.15) is 11.4 Å². The molecule has 0 saturated carbocycles. The minimum atomic E-state index is 0.142. The Morgan fingerprint density at radius 3 is 2.16 bits per heavy atom. The molecule has 1 fully saturated rings. The number of amides is 1. The molecule has 196 valence electrons. The van der Waals surface area contributed by atoms with Crippen LogP contribution < -0.4 is 14.1 Å². The van der Waals surface area contributed by atoms with Crippen LogP contribution in [0.25, 0.3) is 0 Å². The Balaban J connectivity index is 1.65. The van der Waals surface area contributed by atoms with Crippen molar-refractivity contribution in [1.82, 2.24) is 9.38 Å². The third-order valence-electron chi connectivity index (χ3n) is 7.90. The van der Waals surface area contributed by atoms with Crippen molar-refractivity contribution in [3.8, 4) is 5.75 Å². The lowest BCUT2D eigenvalue weighted by Crippen LogP contribution is -2.54. The van der Waals surface area contributed by atoms with E-state index in [1.807, 2.05) is 36.4 Å². The first-order chi connectivity index (χ1) is 18.1. The lowest BCUT2D eigenvalue weighted by atomic mass is 10.00. The molecular formula is C32H42N3O2+. The fourth-order valence-corrected chi connectivity index (χ4v) is 5.77. The van der Waals surface area contributed by atoms with E-state index in [0.717, 1.165) is 54.3 Å². The summed E-state index contributed by atoms with van der Waals surface area (Å²) in [4.78, 5) is 18.9. The van der Waals surface area contributed by atoms with Gasteiger partial charge < -0.3 is 14.5 Å². The molecule has 0 bridgehead atoms. The maximum absolute atomic E-state index is 13.9. The van der Waals surface area contributed by atoms with Crippen LogP contribution in [-0.4, -0.2) is 56.7 Å². The van der Waals surface area contributed by atoms with Gasteiger partial charge in [-0.1, -0.05) is 31.2 Å². The van der Waals surface area contributed by atoms with Crippen LogP contribution in [0, 0.1) is 0 Å². The summed E-state index contributed by atoms with van der Waals surface area (Å²) >= 11 is 0. The lowest BCUT2D eigenvalue weighted by Gasteiger charge is -2.40. The van der Waals surface area contributed by atoms with E-state index in [1.165, 1.54) is 13.0 Å². The first-order valence-corrected chi connectivity index (χ1v) is 13.8. The molecule has 5 nitrogen and oxygen atoms in total. The maximum Gasteiger partial charge on any atom is 0.350 e. The van der Waals surface area contributed by atoms with Gasteiger partial charge in [0.05, 0.1) is 25.8 Å². The van der Waals surface area contributed by atoms with Gasteiger partial charge in [0.25, 0.3) is 0 Å². The Morgan fingerprint density at radius 1 is 0.892 bits per heavy atom. The molecule has 1 heterocycles. The van der Waals surface area contributed by atoms with Gasteiger partial charge in [0.2, 0.25) is 0 Å². The van der Waals surface area contributed by atoms with Gasteiger partial charge in [-0.3, -0.25) is 0 Å². The number of quaternary nitrogens is 1. The first-order valence-electron chi connectivity index (χ1n) is 13.8. The number of hydrogen-bond donors (Lipinski definition) is 0. The molecule has 0 unspecified atom stereocenters. The zero-order valence-corrected chi connectivity index (χ0v) is 22.9. The molecule has 0 aromatic heterocycles. The van der Waals surface area contributed by atoms with E-state index in [4.69, 9.17) is 4.74 Å². The third-order valence-corrected chi connectivity index (χ3v) is 7.90. The summed E-state index contributed by atoms with van der Waals surface area (Å²) in [5, 5.41) is 0. The highest BCUT2D eigenvalue weighted by Crippen LogP contribution is 2.35. The predicted octanol–water partition coefficient (Wildman–Crippen LogP) is 6.90. The Labute approximate surface area is 222 Å². The van der Waals surface area contributed by atoms with E-state index < -0.39 is 0 Å². The molecule has 1 saturated heterocycles. The van der Waals surface area contributed by atoms with Gasteiger partial charge in [-0.05, 0) is 88.2 Å². The van der Waals surface area contributed by atoms with Crippen molar-refractivity contribution >= 4 is 23.0 Å². The molecule has 0 radical (unpaired) electrons. The quantitative estimate of drug-likeness (QED) is 0.284. The number of likely N-dealkylation sites (tertiary alicyclic amines) is 1. The van der Waals surface area contributed by atoms with Crippen molar-refractivity contribution in [2.75, 3.05) is 44.7 Å². The van der Waals surface area contributed by atoms with Gasteiger partial charge in [-0.25, -0.2) is 9.28 Å². The molecule has 1 aliphatic rings. The lowest BCUT2D eigenvalue weighted by molar-refractivity contribution is 0.0779. The fourth-order valence-electron chi connectivity index (χ4n) is 5.77. The zero-order chi connectivity index (χ0) is 26.3. The molecule has 5 heteroatoms. The van der Waals surface area contributed by atoms with Crippen molar-refractivity contribution < 1.29 is 9.53 Å². The van der Waals surface area contributed by atoms with E-state index in [-0.39, 0.29) is 5.91 Å². The number of hydrogen-bond acceptors (Lipinski definition) is 4. The number of anilines is 2. The summed E-state index contributed by atoms with van der Waals surface area (Å²) in [6, 6.07) is 27.1. The molecular weight excluding hydrogens is 458 g/mol.